The van der Waals surface area contributed by atoms with Gasteiger partial charge < -0.3 is 4.74 Å². The molecule has 1 fully saturated rings. The molecule has 36 heavy (non-hydrogen) atoms. The van der Waals surface area contributed by atoms with Crippen molar-refractivity contribution in [2.45, 2.75) is 25.3 Å². The highest BCUT2D eigenvalue weighted by Crippen LogP contribution is 2.32. The van der Waals surface area contributed by atoms with E-state index in [1.165, 1.54) is 27.8 Å². The first-order valence-electron chi connectivity index (χ1n) is 11.6. The fourth-order valence-corrected chi connectivity index (χ4v) is 6.48. The molecule has 0 aliphatic carbocycles. The predicted molar refractivity (Wildman–Crippen MR) is 140 cm³/mol. The van der Waals surface area contributed by atoms with Crippen molar-refractivity contribution in [3.05, 3.63) is 83.2 Å². The number of fused-ring (bicyclic) bond motifs is 1. The second-order valence-electron chi connectivity index (χ2n) is 8.65. The molecule has 1 aliphatic heterocycles. The molecular weight excluding hydrogens is 496 g/mol. The average molecular weight is 523 g/mol. The zero-order valence-corrected chi connectivity index (χ0v) is 21.7. The summed E-state index contributed by atoms with van der Waals surface area (Å²) in [4.78, 5) is 24.6. The van der Waals surface area contributed by atoms with Crippen molar-refractivity contribution in [1.29, 1.82) is 0 Å². The fraction of sp³-hybridized carbons (Fsp3) is 0.269. The molecule has 1 saturated heterocycles. The molecule has 0 unspecified atom stereocenters. The maximum atomic E-state index is 13.7. The van der Waals surface area contributed by atoms with Crippen molar-refractivity contribution in [2.24, 2.45) is 0 Å². The summed E-state index contributed by atoms with van der Waals surface area (Å²) in [6.45, 7) is 5.72. The van der Waals surface area contributed by atoms with Crippen molar-refractivity contribution in [2.75, 3.05) is 31.2 Å². The second-order valence-corrected chi connectivity index (χ2v) is 11.6. The molecule has 8 nitrogen and oxygen atoms in total. The van der Waals surface area contributed by atoms with Crippen molar-refractivity contribution >= 4 is 42.6 Å². The maximum Gasteiger partial charge on any atom is 0.260 e. The Bertz CT molecular complexity index is 1460. The van der Waals surface area contributed by atoms with Gasteiger partial charge in [-0.05, 0) is 73.5 Å². The van der Waals surface area contributed by atoms with E-state index >= 15 is 0 Å². The molecule has 5 rings (SSSR count). The van der Waals surface area contributed by atoms with E-state index < -0.39 is 10.0 Å². The number of aromatic nitrogens is 2. The highest BCUT2D eigenvalue weighted by Gasteiger charge is 2.27. The van der Waals surface area contributed by atoms with Gasteiger partial charge in [-0.1, -0.05) is 17.4 Å². The number of amides is 1. The zero-order chi connectivity index (χ0) is 25.3. The van der Waals surface area contributed by atoms with Gasteiger partial charge in [0.15, 0.2) is 5.13 Å². The molecule has 0 bridgehead atoms. The Labute approximate surface area is 214 Å². The third kappa shape index (κ3) is 4.90. The number of morpholine rings is 1. The zero-order valence-electron chi connectivity index (χ0n) is 20.0. The number of hydrogen-bond donors (Lipinski definition) is 0. The Kier molecular flexibility index (Phi) is 6.85. The number of carbonyl (C=O) groups is 1. The molecule has 3 heterocycles. The first-order valence-corrected chi connectivity index (χ1v) is 13.9. The number of thiazole rings is 1. The van der Waals surface area contributed by atoms with Crippen molar-refractivity contribution in [3.8, 4) is 0 Å². The first-order chi connectivity index (χ1) is 17.3. The van der Waals surface area contributed by atoms with Crippen LogP contribution in [-0.2, 0) is 21.3 Å². The molecule has 4 aromatic rings. The monoisotopic (exact) mass is 522 g/mol. The van der Waals surface area contributed by atoms with Gasteiger partial charge in [0.05, 0.1) is 40.6 Å². The lowest BCUT2D eigenvalue weighted by atomic mass is 10.1. The Balaban J connectivity index is 1.48. The van der Waals surface area contributed by atoms with Gasteiger partial charge in [0.2, 0.25) is 10.0 Å². The number of nitrogens with zero attached hydrogens (tertiary/aromatic N) is 4. The van der Waals surface area contributed by atoms with Gasteiger partial charge in [-0.15, -0.1) is 0 Å². The standard InChI is InChI=1S/C26H26N4O4S2/c1-18-15-23-24(16-19(18)2)35-26(28-23)30(17-21-5-3-4-10-27-21)25(31)20-6-8-22(9-7-20)36(32,33)29-11-13-34-14-12-29/h3-10,15-16H,11-14,17H2,1-2H3. The van der Waals surface area contributed by atoms with Gasteiger partial charge in [-0.2, -0.15) is 4.31 Å². The predicted octanol–water partition coefficient (Wildman–Crippen LogP) is 4.18. The Morgan fingerprint density at radius 2 is 1.78 bits per heavy atom. The molecule has 1 amide bonds. The van der Waals surface area contributed by atoms with Crippen LogP contribution in [0.3, 0.4) is 0 Å². The van der Waals surface area contributed by atoms with Crippen LogP contribution in [0, 0.1) is 13.8 Å². The Morgan fingerprint density at radius 3 is 2.47 bits per heavy atom. The number of hydrogen-bond acceptors (Lipinski definition) is 7. The molecule has 186 valence electrons. The molecular formula is C26H26N4O4S2. The quantitative estimate of drug-likeness (QED) is 0.377. The number of aryl methyl sites for hydroxylation is 2. The lowest BCUT2D eigenvalue weighted by Crippen LogP contribution is -2.40. The number of pyridine rings is 1. The summed E-state index contributed by atoms with van der Waals surface area (Å²) < 4.78 is 33.6. The molecule has 2 aromatic heterocycles. The number of sulfonamides is 1. The molecule has 0 saturated carbocycles. The van der Waals surface area contributed by atoms with E-state index in [2.05, 4.69) is 18.0 Å². The molecule has 10 heteroatoms. The van der Waals surface area contributed by atoms with Gasteiger partial charge >= 0.3 is 0 Å². The topological polar surface area (TPSA) is 92.7 Å². The summed E-state index contributed by atoms with van der Waals surface area (Å²) in [5.74, 6) is -0.275. The summed E-state index contributed by atoms with van der Waals surface area (Å²) >= 11 is 1.45. The minimum Gasteiger partial charge on any atom is -0.379 e. The second kappa shape index (κ2) is 10.1. The number of rotatable bonds is 6. The SMILES string of the molecule is Cc1cc2nc(N(Cc3ccccn3)C(=O)c3ccc(S(=O)(=O)N4CCOCC4)cc3)sc2cc1C. The molecule has 1 aliphatic rings. The Morgan fingerprint density at radius 1 is 1.06 bits per heavy atom. The van der Waals surface area contributed by atoms with Crippen LogP contribution in [0.1, 0.15) is 27.2 Å². The molecule has 0 spiro atoms. The fourth-order valence-electron chi connectivity index (χ4n) is 4.02. The van der Waals surface area contributed by atoms with E-state index in [1.807, 2.05) is 31.2 Å². The van der Waals surface area contributed by atoms with Gasteiger partial charge in [-0.3, -0.25) is 14.7 Å². The van der Waals surface area contributed by atoms with Crippen LogP contribution in [0.15, 0.2) is 65.7 Å². The summed E-state index contributed by atoms with van der Waals surface area (Å²) in [6, 6.07) is 15.8. The van der Waals surface area contributed by atoms with E-state index in [-0.39, 0.29) is 17.3 Å². The third-order valence-corrected chi connectivity index (χ3v) is 9.18. The minimum atomic E-state index is -3.64. The number of ether oxygens (including phenoxy) is 1. The summed E-state index contributed by atoms with van der Waals surface area (Å²) in [5, 5.41) is 0.565. The molecule has 2 aromatic carbocycles. The smallest absolute Gasteiger partial charge is 0.260 e. The van der Waals surface area contributed by atoms with E-state index in [0.29, 0.717) is 37.0 Å². The number of carbonyl (C=O) groups excluding carboxylic acids is 1. The highest BCUT2D eigenvalue weighted by atomic mass is 32.2. The molecule has 0 radical (unpaired) electrons. The van der Waals surface area contributed by atoms with Crippen LogP contribution in [-0.4, -0.2) is 54.9 Å². The lowest BCUT2D eigenvalue weighted by Gasteiger charge is -2.26. The number of benzene rings is 2. The normalized spacial score (nSPS) is 14.7. The first kappa shape index (κ1) is 24.5. The van der Waals surface area contributed by atoms with Gasteiger partial charge in [0.1, 0.15) is 0 Å². The van der Waals surface area contributed by atoms with E-state index in [9.17, 15) is 13.2 Å². The van der Waals surface area contributed by atoms with Crippen LogP contribution in [0.5, 0.6) is 0 Å². The minimum absolute atomic E-state index is 0.156. The highest BCUT2D eigenvalue weighted by molar-refractivity contribution is 7.89. The van der Waals surface area contributed by atoms with Crippen LogP contribution < -0.4 is 4.90 Å². The average Bonchev–Trinajstić information content (AvgIpc) is 3.30. The lowest BCUT2D eigenvalue weighted by molar-refractivity contribution is 0.0730. The van der Waals surface area contributed by atoms with Gasteiger partial charge in [0.25, 0.3) is 5.91 Å². The summed E-state index contributed by atoms with van der Waals surface area (Å²) in [5.41, 5.74) is 4.24. The van der Waals surface area contributed by atoms with Crippen LogP contribution in [0.4, 0.5) is 5.13 Å². The van der Waals surface area contributed by atoms with Crippen molar-refractivity contribution in [3.63, 3.8) is 0 Å². The molecule has 0 N–H and O–H groups in total. The van der Waals surface area contributed by atoms with E-state index in [4.69, 9.17) is 9.72 Å². The van der Waals surface area contributed by atoms with E-state index in [1.54, 1.807) is 23.2 Å². The largest absolute Gasteiger partial charge is 0.379 e. The molecule has 0 atom stereocenters. The van der Waals surface area contributed by atoms with E-state index in [0.717, 1.165) is 27.0 Å². The maximum absolute atomic E-state index is 13.7. The Hall–Kier alpha value is -3.18. The van der Waals surface area contributed by atoms with Crippen LogP contribution in [0.25, 0.3) is 10.2 Å². The van der Waals surface area contributed by atoms with Crippen LogP contribution in [0.2, 0.25) is 0 Å². The van der Waals surface area contributed by atoms with Crippen molar-refractivity contribution in [1.82, 2.24) is 14.3 Å². The van der Waals surface area contributed by atoms with Gasteiger partial charge in [-0.25, -0.2) is 13.4 Å². The number of anilines is 1. The summed E-state index contributed by atoms with van der Waals surface area (Å²) in [7, 11) is -3.64. The third-order valence-electron chi connectivity index (χ3n) is 6.22. The van der Waals surface area contributed by atoms with Crippen molar-refractivity contribution < 1.29 is 17.9 Å². The van der Waals surface area contributed by atoms with Crippen LogP contribution >= 0.6 is 11.3 Å². The summed E-state index contributed by atoms with van der Waals surface area (Å²) in [6.07, 6.45) is 1.69. The van der Waals surface area contributed by atoms with Gasteiger partial charge in [0, 0.05) is 24.8 Å².